The summed E-state index contributed by atoms with van der Waals surface area (Å²) < 4.78 is 5.47. The molecule has 2 unspecified atom stereocenters. The Morgan fingerprint density at radius 1 is 1.38 bits per heavy atom. The molecule has 1 aromatic rings. The van der Waals surface area contributed by atoms with Crippen LogP contribution in [0.2, 0.25) is 0 Å². The summed E-state index contributed by atoms with van der Waals surface area (Å²) in [5.74, 6) is -0.821. The predicted molar refractivity (Wildman–Crippen MR) is 61.7 cm³/mol. The van der Waals surface area contributed by atoms with Gasteiger partial charge in [-0.1, -0.05) is 28.1 Å². The smallest absolute Gasteiger partial charge is 0.338 e. The van der Waals surface area contributed by atoms with E-state index in [9.17, 15) is 15.0 Å². The third-order valence-electron chi connectivity index (χ3n) is 2.04. The van der Waals surface area contributed by atoms with E-state index in [0.717, 1.165) is 4.47 Å². The summed E-state index contributed by atoms with van der Waals surface area (Å²) in [6, 6.07) is 6.68. The fraction of sp³-hybridized carbons (Fsp3) is 0.364. The first-order valence-corrected chi connectivity index (χ1v) is 5.63. The van der Waals surface area contributed by atoms with E-state index < -0.39 is 18.2 Å². The quantitative estimate of drug-likeness (QED) is 0.822. The first-order valence-electron chi connectivity index (χ1n) is 4.84. The lowest BCUT2D eigenvalue weighted by Gasteiger charge is -2.16. The molecule has 0 aliphatic carbocycles. The van der Waals surface area contributed by atoms with E-state index in [1.165, 1.54) is 0 Å². The van der Waals surface area contributed by atoms with Crippen LogP contribution >= 0.6 is 15.9 Å². The van der Waals surface area contributed by atoms with Gasteiger partial charge in [0.1, 0.15) is 6.10 Å². The van der Waals surface area contributed by atoms with E-state index in [2.05, 4.69) is 20.7 Å². The number of benzene rings is 1. The summed E-state index contributed by atoms with van der Waals surface area (Å²) in [5.41, 5.74) is 0.462. The van der Waals surface area contributed by atoms with Crippen LogP contribution in [0.25, 0.3) is 0 Å². The summed E-state index contributed by atoms with van der Waals surface area (Å²) in [6.07, 6.45) is -2.83. The highest BCUT2D eigenvalue weighted by atomic mass is 79.9. The van der Waals surface area contributed by atoms with Crippen LogP contribution in [0.15, 0.2) is 28.7 Å². The van der Waals surface area contributed by atoms with Crippen molar-refractivity contribution in [2.75, 3.05) is 6.61 Å². The van der Waals surface area contributed by atoms with Crippen molar-refractivity contribution in [2.45, 2.75) is 19.1 Å². The molecule has 88 valence electrons. The molecular formula is C11H13BrO4. The van der Waals surface area contributed by atoms with Gasteiger partial charge < -0.3 is 14.9 Å². The molecule has 0 amide bonds. The number of ether oxygens (including phenoxy) is 1. The van der Waals surface area contributed by atoms with E-state index in [4.69, 9.17) is 0 Å². The largest absolute Gasteiger partial charge is 0.464 e. The van der Waals surface area contributed by atoms with Crippen LogP contribution in [0.3, 0.4) is 0 Å². The summed E-state index contributed by atoms with van der Waals surface area (Å²) >= 11 is 3.25. The second kappa shape index (κ2) is 5.98. The zero-order chi connectivity index (χ0) is 12.1. The molecule has 0 aliphatic rings. The Hall–Kier alpha value is -0.910. The van der Waals surface area contributed by atoms with Gasteiger partial charge in [-0.3, -0.25) is 0 Å². The van der Waals surface area contributed by atoms with Gasteiger partial charge in [0.25, 0.3) is 0 Å². The molecule has 0 bridgehead atoms. The number of carbonyl (C=O) groups excluding carboxylic acids is 1. The Morgan fingerprint density at radius 3 is 2.44 bits per heavy atom. The van der Waals surface area contributed by atoms with Crippen molar-refractivity contribution in [1.82, 2.24) is 0 Å². The zero-order valence-corrected chi connectivity index (χ0v) is 10.3. The Bertz CT molecular complexity index is 350. The molecule has 5 heteroatoms. The summed E-state index contributed by atoms with van der Waals surface area (Å²) in [7, 11) is 0. The number of carbonyl (C=O) groups is 1. The average molecular weight is 289 g/mol. The lowest BCUT2D eigenvalue weighted by molar-refractivity contribution is -0.159. The molecule has 1 rings (SSSR count). The highest BCUT2D eigenvalue weighted by molar-refractivity contribution is 9.10. The minimum atomic E-state index is -1.55. The number of halogens is 1. The van der Waals surface area contributed by atoms with Crippen LogP contribution in [0.1, 0.15) is 18.6 Å². The molecule has 0 aliphatic heterocycles. The number of hydrogen-bond donors (Lipinski definition) is 2. The summed E-state index contributed by atoms with van der Waals surface area (Å²) in [5, 5.41) is 19.2. The summed E-state index contributed by atoms with van der Waals surface area (Å²) in [6.45, 7) is 1.81. The van der Waals surface area contributed by atoms with Gasteiger partial charge in [0.05, 0.1) is 6.61 Å². The fourth-order valence-corrected chi connectivity index (χ4v) is 1.46. The normalized spacial score (nSPS) is 14.2. The highest BCUT2D eigenvalue weighted by Gasteiger charge is 2.26. The van der Waals surface area contributed by atoms with Crippen LogP contribution in [-0.2, 0) is 9.53 Å². The lowest BCUT2D eigenvalue weighted by Crippen LogP contribution is -2.29. The molecule has 0 radical (unpaired) electrons. The van der Waals surface area contributed by atoms with Crippen LogP contribution in [0.5, 0.6) is 0 Å². The van der Waals surface area contributed by atoms with Gasteiger partial charge in [-0.2, -0.15) is 0 Å². The second-order valence-electron chi connectivity index (χ2n) is 3.19. The maximum atomic E-state index is 11.2. The minimum absolute atomic E-state index is 0.170. The molecule has 0 spiro atoms. The zero-order valence-electron chi connectivity index (χ0n) is 8.76. The van der Waals surface area contributed by atoms with E-state index in [0.29, 0.717) is 5.56 Å². The fourth-order valence-electron chi connectivity index (χ4n) is 1.20. The van der Waals surface area contributed by atoms with Crippen LogP contribution < -0.4 is 0 Å². The topological polar surface area (TPSA) is 66.8 Å². The van der Waals surface area contributed by atoms with Crippen molar-refractivity contribution in [2.24, 2.45) is 0 Å². The average Bonchev–Trinajstić information content (AvgIpc) is 2.28. The Balaban J connectivity index is 2.73. The molecular weight excluding hydrogens is 276 g/mol. The van der Waals surface area contributed by atoms with Gasteiger partial charge >= 0.3 is 5.97 Å². The molecule has 0 heterocycles. The van der Waals surface area contributed by atoms with Crippen molar-refractivity contribution < 1.29 is 19.7 Å². The van der Waals surface area contributed by atoms with Crippen molar-refractivity contribution in [3.05, 3.63) is 34.3 Å². The molecule has 4 nitrogen and oxygen atoms in total. The van der Waals surface area contributed by atoms with Gasteiger partial charge in [0.2, 0.25) is 0 Å². The lowest BCUT2D eigenvalue weighted by atomic mass is 10.0. The van der Waals surface area contributed by atoms with Crippen molar-refractivity contribution in [1.29, 1.82) is 0 Å². The van der Waals surface area contributed by atoms with E-state index >= 15 is 0 Å². The third-order valence-corrected chi connectivity index (χ3v) is 2.57. The SMILES string of the molecule is CCOC(=O)C(O)C(O)c1ccc(Br)cc1. The van der Waals surface area contributed by atoms with Crippen LogP contribution in [0, 0.1) is 0 Å². The molecule has 2 atom stereocenters. The first kappa shape index (κ1) is 13.2. The monoisotopic (exact) mass is 288 g/mol. The molecule has 0 aromatic heterocycles. The highest BCUT2D eigenvalue weighted by Crippen LogP contribution is 2.20. The van der Waals surface area contributed by atoms with Gasteiger partial charge in [-0.05, 0) is 24.6 Å². The Kier molecular flexibility index (Phi) is 4.92. The Morgan fingerprint density at radius 2 is 1.94 bits per heavy atom. The summed E-state index contributed by atoms with van der Waals surface area (Å²) in [4.78, 5) is 11.2. The first-order chi connectivity index (χ1) is 7.56. The maximum Gasteiger partial charge on any atom is 0.338 e. The van der Waals surface area contributed by atoms with Crippen LogP contribution in [-0.4, -0.2) is 28.9 Å². The van der Waals surface area contributed by atoms with Gasteiger partial charge in [0.15, 0.2) is 6.10 Å². The van der Waals surface area contributed by atoms with Gasteiger partial charge in [-0.15, -0.1) is 0 Å². The number of rotatable bonds is 4. The van der Waals surface area contributed by atoms with Crippen molar-refractivity contribution >= 4 is 21.9 Å². The molecule has 2 N–H and O–H groups in total. The number of aliphatic hydroxyl groups is 2. The maximum absolute atomic E-state index is 11.2. The van der Waals surface area contributed by atoms with Crippen molar-refractivity contribution in [3.8, 4) is 0 Å². The van der Waals surface area contributed by atoms with Gasteiger partial charge in [-0.25, -0.2) is 4.79 Å². The Labute approximate surface area is 102 Å². The number of hydrogen-bond acceptors (Lipinski definition) is 4. The third kappa shape index (κ3) is 3.30. The molecule has 1 aromatic carbocycles. The number of esters is 1. The van der Waals surface area contributed by atoms with E-state index in [1.807, 2.05) is 0 Å². The molecule has 16 heavy (non-hydrogen) atoms. The predicted octanol–water partition coefficient (Wildman–Crippen LogP) is 1.41. The minimum Gasteiger partial charge on any atom is -0.464 e. The molecule has 0 fully saturated rings. The van der Waals surface area contributed by atoms with Crippen molar-refractivity contribution in [3.63, 3.8) is 0 Å². The molecule has 0 saturated heterocycles. The van der Waals surface area contributed by atoms with E-state index in [1.54, 1.807) is 31.2 Å². The molecule has 0 saturated carbocycles. The van der Waals surface area contributed by atoms with E-state index in [-0.39, 0.29) is 6.61 Å². The second-order valence-corrected chi connectivity index (χ2v) is 4.11. The standard InChI is InChI=1S/C11H13BrO4/c1-2-16-11(15)10(14)9(13)7-3-5-8(12)6-4-7/h3-6,9-10,13-14H,2H2,1H3. The number of aliphatic hydroxyl groups excluding tert-OH is 2. The van der Waals surface area contributed by atoms with Crippen LogP contribution in [0.4, 0.5) is 0 Å². The van der Waals surface area contributed by atoms with Gasteiger partial charge in [0, 0.05) is 4.47 Å².